The number of ether oxygens (including phenoxy) is 6. The predicted octanol–water partition coefficient (Wildman–Crippen LogP) is 16.3. The Balaban J connectivity index is 1.96. The fourth-order valence-corrected chi connectivity index (χ4v) is 7.36. The summed E-state index contributed by atoms with van der Waals surface area (Å²) in [5.74, 6) is 6.06. The van der Waals surface area contributed by atoms with E-state index in [1.54, 1.807) is 0 Å². The first-order chi connectivity index (χ1) is 32.0. The highest BCUT2D eigenvalue weighted by Gasteiger charge is 2.18. The molecule has 3 aromatic rings. The molecule has 0 aliphatic heterocycles. The van der Waals surface area contributed by atoms with Gasteiger partial charge in [-0.3, -0.25) is 0 Å². The Bertz CT molecular complexity index is 1550. The Morgan fingerprint density at radius 1 is 0.323 bits per heavy atom. The number of unbranched alkanes of at least 4 members (excludes halogenated alkanes) is 18. The van der Waals surface area contributed by atoms with Crippen molar-refractivity contribution in [3.63, 3.8) is 0 Å². The summed E-state index contributed by atoms with van der Waals surface area (Å²) in [6, 6.07) is 8.23. The maximum Gasteiger partial charge on any atom is 0.203 e. The molecule has 0 bridgehead atoms. The van der Waals surface area contributed by atoms with Crippen molar-refractivity contribution in [3.8, 4) is 34.5 Å². The Morgan fingerprint density at radius 2 is 0.585 bits per heavy atom. The lowest BCUT2D eigenvalue weighted by Crippen LogP contribution is -2.07. The summed E-state index contributed by atoms with van der Waals surface area (Å²) in [5.41, 5.74) is 1.87. The minimum Gasteiger partial charge on any atom is -0.490 e. The number of hydrogen-bond donors (Lipinski definition) is 0. The predicted molar refractivity (Wildman–Crippen MR) is 273 cm³/mol. The van der Waals surface area contributed by atoms with Gasteiger partial charge in [0.2, 0.25) is 11.5 Å². The van der Waals surface area contributed by atoms with Gasteiger partial charge in [-0.2, -0.15) is 0 Å². The average Bonchev–Trinajstić information content (AvgIpc) is 3.30. The third kappa shape index (κ3) is 23.7. The maximum absolute atomic E-state index is 6.47. The molecule has 2 aromatic carbocycles. The van der Waals surface area contributed by atoms with Crippen molar-refractivity contribution in [2.75, 3.05) is 39.6 Å². The van der Waals surface area contributed by atoms with Gasteiger partial charge >= 0.3 is 0 Å². The number of aryl methyl sites for hydroxylation is 1. The van der Waals surface area contributed by atoms with Crippen LogP contribution >= 0.6 is 0 Å². The highest BCUT2D eigenvalue weighted by atomic mass is 16.5. The Hall–Kier alpha value is -4.27. The summed E-state index contributed by atoms with van der Waals surface area (Å²) in [6.45, 7) is 19.1. The van der Waals surface area contributed by atoms with Crippen LogP contribution in [0.3, 0.4) is 0 Å². The molecule has 9 nitrogen and oxygen atoms in total. The van der Waals surface area contributed by atoms with Gasteiger partial charge in [0.15, 0.2) is 34.6 Å². The Kier molecular flexibility index (Phi) is 30.4. The lowest BCUT2D eigenvalue weighted by Gasteiger charge is -2.18. The van der Waals surface area contributed by atoms with Crippen LogP contribution in [0.25, 0.3) is 24.3 Å². The summed E-state index contributed by atoms with van der Waals surface area (Å²) in [5, 5.41) is 0. The number of hydrogen-bond acceptors (Lipinski definition) is 9. The van der Waals surface area contributed by atoms with Crippen molar-refractivity contribution in [2.24, 2.45) is 0 Å². The first kappa shape index (κ1) is 55.1. The Morgan fingerprint density at radius 3 is 0.846 bits per heavy atom. The molecule has 1 aromatic heterocycles. The minimum absolute atomic E-state index is 0.566. The summed E-state index contributed by atoms with van der Waals surface area (Å²) in [6.07, 6.45) is 35.1. The van der Waals surface area contributed by atoms with Crippen LogP contribution in [-0.4, -0.2) is 54.6 Å². The van der Waals surface area contributed by atoms with E-state index >= 15 is 0 Å². The van der Waals surface area contributed by atoms with Crippen molar-refractivity contribution in [2.45, 2.75) is 203 Å². The molecular weight excluding hydrogens is 811 g/mol. The zero-order valence-corrected chi connectivity index (χ0v) is 42.1. The lowest BCUT2D eigenvalue weighted by atomic mass is 10.1. The third-order valence-electron chi connectivity index (χ3n) is 11.2. The van der Waals surface area contributed by atoms with Crippen molar-refractivity contribution in [1.29, 1.82) is 0 Å². The second kappa shape index (κ2) is 35.9. The number of nitrogens with zero attached hydrogens (tertiary/aromatic N) is 3. The molecule has 0 aliphatic rings. The second-order valence-electron chi connectivity index (χ2n) is 17.4. The van der Waals surface area contributed by atoms with E-state index in [9.17, 15) is 0 Å². The quantitative estimate of drug-likeness (QED) is 0.0517. The van der Waals surface area contributed by atoms with E-state index in [1.807, 2.05) is 31.2 Å². The minimum atomic E-state index is 0.566. The molecule has 0 atom stereocenters. The molecule has 0 amide bonds. The van der Waals surface area contributed by atoms with E-state index in [0.29, 0.717) is 68.6 Å². The highest BCUT2D eigenvalue weighted by Crippen LogP contribution is 2.41. The van der Waals surface area contributed by atoms with Crippen molar-refractivity contribution in [3.05, 3.63) is 52.9 Å². The molecule has 65 heavy (non-hydrogen) atoms. The summed E-state index contributed by atoms with van der Waals surface area (Å²) in [4.78, 5) is 14.3. The first-order valence-corrected chi connectivity index (χ1v) is 26.2. The molecule has 0 N–H and O–H groups in total. The van der Waals surface area contributed by atoms with Crippen LogP contribution in [0.2, 0.25) is 0 Å². The van der Waals surface area contributed by atoms with Crippen LogP contribution in [-0.2, 0) is 0 Å². The first-order valence-electron chi connectivity index (χ1n) is 26.2. The van der Waals surface area contributed by atoms with Crippen molar-refractivity contribution >= 4 is 24.3 Å². The van der Waals surface area contributed by atoms with Crippen LogP contribution in [0, 0.1) is 6.92 Å². The molecule has 0 unspecified atom stereocenters. The largest absolute Gasteiger partial charge is 0.490 e. The van der Waals surface area contributed by atoms with Gasteiger partial charge in [-0.1, -0.05) is 169 Å². The molecule has 1 heterocycles. The zero-order chi connectivity index (χ0) is 46.6. The summed E-state index contributed by atoms with van der Waals surface area (Å²) in [7, 11) is 0. The van der Waals surface area contributed by atoms with Gasteiger partial charge in [-0.05, 0) is 93.0 Å². The molecule has 364 valence electrons. The fraction of sp³-hybridized carbons (Fsp3) is 0.661. The molecule has 9 heteroatoms. The van der Waals surface area contributed by atoms with E-state index in [0.717, 1.165) is 111 Å². The van der Waals surface area contributed by atoms with E-state index in [4.69, 9.17) is 43.4 Å². The lowest BCUT2D eigenvalue weighted by molar-refractivity contribution is 0.234. The van der Waals surface area contributed by atoms with Gasteiger partial charge in [0.25, 0.3) is 0 Å². The van der Waals surface area contributed by atoms with Gasteiger partial charge in [0.1, 0.15) is 5.82 Å². The van der Waals surface area contributed by atoms with E-state index < -0.39 is 0 Å². The molecule has 0 fully saturated rings. The Labute approximate surface area is 395 Å². The second-order valence-corrected chi connectivity index (χ2v) is 17.4. The average molecular weight is 900 g/mol. The van der Waals surface area contributed by atoms with Crippen LogP contribution in [0.4, 0.5) is 0 Å². The zero-order valence-electron chi connectivity index (χ0n) is 42.1. The standard InChI is InChI=1S/C56H89N3O6/c1-8-14-20-26-36-60-49-42-47(43-50(61-37-27-21-15-9-2)55(49)64-40-30-24-18-12-5)32-34-53-57-46(7)58-54(59-53)35-33-48-44-51(62-38-28-22-16-10-3)56(65-41-31-25-19-13-6)52(45-48)63-39-29-23-17-11-4/h32-35,42-45H,8-31,36-41H2,1-7H3/b34-32+,35-33+. The number of aromatic nitrogens is 3. The third-order valence-corrected chi connectivity index (χ3v) is 11.2. The van der Waals surface area contributed by atoms with Crippen LogP contribution < -0.4 is 28.4 Å². The van der Waals surface area contributed by atoms with Gasteiger partial charge in [-0.15, -0.1) is 0 Å². The molecule has 0 spiro atoms. The summed E-state index contributed by atoms with van der Waals surface area (Å²) < 4.78 is 38.8. The molecule has 0 saturated heterocycles. The van der Waals surface area contributed by atoms with Crippen molar-refractivity contribution < 1.29 is 28.4 Å². The maximum atomic E-state index is 6.47. The molecule has 3 rings (SSSR count). The van der Waals surface area contributed by atoms with Crippen LogP contribution in [0.5, 0.6) is 34.5 Å². The molecule has 0 saturated carbocycles. The normalized spacial score (nSPS) is 11.5. The van der Waals surface area contributed by atoms with Gasteiger partial charge in [0.05, 0.1) is 39.6 Å². The van der Waals surface area contributed by atoms with Gasteiger partial charge < -0.3 is 28.4 Å². The van der Waals surface area contributed by atoms with Crippen LogP contribution in [0.15, 0.2) is 24.3 Å². The number of rotatable bonds is 40. The van der Waals surface area contributed by atoms with E-state index in [1.165, 1.54) is 77.0 Å². The van der Waals surface area contributed by atoms with E-state index in [2.05, 4.69) is 65.8 Å². The fourth-order valence-electron chi connectivity index (χ4n) is 7.36. The van der Waals surface area contributed by atoms with Crippen LogP contribution in [0.1, 0.15) is 224 Å². The SMILES string of the molecule is CCCCCCOc1cc(/C=C/c2nc(C)nc(/C=C/c3cc(OCCCCCC)c(OCCCCCC)c(OCCCCCC)c3)n2)cc(OCCCCCC)c1OCCCCCC. The number of benzene rings is 2. The molecule has 0 radical (unpaired) electrons. The smallest absolute Gasteiger partial charge is 0.203 e. The van der Waals surface area contributed by atoms with Crippen molar-refractivity contribution in [1.82, 2.24) is 15.0 Å². The van der Waals surface area contributed by atoms with Gasteiger partial charge in [0, 0.05) is 0 Å². The molecular formula is C56H89N3O6. The monoisotopic (exact) mass is 900 g/mol. The topological polar surface area (TPSA) is 94.1 Å². The summed E-state index contributed by atoms with van der Waals surface area (Å²) >= 11 is 0. The highest BCUT2D eigenvalue weighted by molar-refractivity contribution is 5.73. The molecule has 0 aliphatic carbocycles. The van der Waals surface area contributed by atoms with Gasteiger partial charge in [-0.25, -0.2) is 15.0 Å². The van der Waals surface area contributed by atoms with E-state index in [-0.39, 0.29) is 0 Å².